The van der Waals surface area contributed by atoms with Crippen LogP contribution in [0.3, 0.4) is 0 Å². The van der Waals surface area contributed by atoms with Gasteiger partial charge in [-0.05, 0) is 20.0 Å². The predicted molar refractivity (Wildman–Crippen MR) is 71.2 cm³/mol. The molecule has 1 amide bonds. The van der Waals surface area contributed by atoms with Gasteiger partial charge in [-0.1, -0.05) is 0 Å². The van der Waals surface area contributed by atoms with E-state index in [1.54, 1.807) is 11.9 Å². The molecule has 0 aromatic carbocycles. The molecule has 1 aromatic heterocycles. The van der Waals surface area contributed by atoms with Gasteiger partial charge < -0.3 is 16.0 Å². The van der Waals surface area contributed by atoms with Crippen molar-refractivity contribution in [3.63, 3.8) is 0 Å². The first-order valence-electron chi connectivity index (χ1n) is 5.77. The second-order valence-electron chi connectivity index (χ2n) is 4.06. The van der Waals surface area contributed by atoms with Gasteiger partial charge in [-0.2, -0.15) is 0 Å². The Hall–Kier alpha value is -2.22. The van der Waals surface area contributed by atoms with Crippen LogP contribution in [-0.4, -0.2) is 43.0 Å². The van der Waals surface area contributed by atoms with E-state index in [0.717, 1.165) is 25.2 Å². The SMILES string of the molecule is CNCCCN(C)c1ncc([N+](=O)[O-])cc1C(N)=O. The third-order valence-electron chi connectivity index (χ3n) is 2.61. The number of aromatic nitrogens is 1. The average molecular weight is 267 g/mol. The molecule has 0 radical (unpaired) electrons. The van der Waals surface area contributed by atoms with Crippen molar-refractivity contribution in [2.75, 3.05) is 32.1 Å². The molecule has 0 saturated carbocycles. The Morgan fingerprint density at radius 1 is 1.63 bits per heavy atom. The van der Waals surface area contributed by atoms with Crippen molar-refractivity contribution < 1.29 is 9.72 Å². The predicted octanol–water partition coefficient (Wildman–Crippen LogP) is 0.134. The molecule has 0 spiro atoms. The second kappa shape index (κ2) is 6.64. The first kappa shape index (κ1) is 14.8. The zero-order valence-electron chi connectivity index (χ0n) is 10.9. The van der Waals surface area contributed by atoms with E-state index in [2.05, 4.69) is 10.3 Å². The minimum Gasteiger partial charge on any atom is -0.365 e. The van der Waals surface area contributed by atoms with Crippen molar-refractivity contribution in [2.24, 2.45) is 5.73 Å². The van der Waals surface area contributed by atoms with E-state index in [9.17, 15) is 14.9 Å². The number of hydrogen-bond acceptors (Lipinski definition) is 6. The molecule has 0 bridgehead atoms. The van der Waals surface area contributed by atoms with Crippen LogP contribution in [0.25, 0.3) is 0 Å². The zero-order valence-corrected chi connectivity index (χ0v) is 10.9. The van der Waals surface area contributed by atoms with Crippen molar-refractivity contribution in [2.45, 2.75) is 6.42 Å². The van der Waals surface area contributed by atoms with Crippen LogP contribution in [0.15, 0.2) is 12.3 Å². The molecule has 0 aliphatic heterocycles. The first-order chi connectivity index (χ1) is 8.97. The minimum absolute atomic E-state index is 0.0566. The molecule has 1 heterocycles. The maximum absolute atomic E-state index is 11.4. The summed E-state index contributed by atoms with van der Waals surface area (Å²) in [6.45, 7) is 1.48. The number of carbonyl (C=O) groups is 1. The summed E-state index contributed by atoms with van der Waals surface area (Å²) in [5.74, 6) is -0.374. The second-order valence-corrected chi connectivity index (χ2v) is 4.06. The van der Waals surface area contributed by atoms with Crippen molar-refractivity contribution in [1.82, 2.24) is 10.3 Å². The normalized spacial score (nSPS) is 10.2. The summed E-state index contributed by atoms with van der Waals surface area (Å²) in [5, 5.41) is 13.7. The topological polar surface area (TPSA) is 114 Å². The number of nitrogens with two attached hydrogens (primary N) is 1. The lowest BCUT2D eigenvalue weighted by molar-refractivity contribution is -0.385. The fourth-order valence-corrected chi connectivity index (χ4v) is 1.63. The molecule has 8 nitrogen and oxygen atoms in total. The Bertz CT molecular complexity index is 477. The molecule has 104 valence electrons. The molecular weight excluding hydrogens is 250 g/mol. The Morgan fingerprint density at radius 2 is 2.32 bits per heavy atom. The molecule has 0 atom stereocenters. The Kier molecular flexibility index (Phi) is 5.19. The van der Waals surface area contributed by atoms with E-state index in [-0.39, 0.29) is 11.3 Å². The number of hydrogen-bond donors (Lipinski definition) is 2. The lowest BCUT2D eigenvalue weighted by Crippen LogP contribution is -2.26. The summed E-state index contributed by atoms with van der Waals surface area (Å²) < 4.78 is 0. The van der Waals surface area contributed by atoms with E-state index in [1.807, 2.05) is 7.05 Å². The van der Waals surface area contributed by atoms with E-state index in [0.29, 0.717) is 12.4 Å². The van der Waals surface area contributed by atoms with E-state index < -0.39 is 10.8 Å². The van der Waals surface area contributed by atoms with Gasteiger partial charge in [-0.3, -0.25) is 14.9 Å². The number of pyridine rings is 1. The number of anilines is 1. The minimum atomic E-state index is -0.730. The van der Waals surface area contributed by atoms with Crippen molar-refractivity contribution >= 4 is 17.4 Å². The summed E-state index contributed by atoms with van der Waals surface area (Å²) in [6.07, 6.45) is 1.97. The summed E-state index contributed by atoms with van der Waals surface area (Å²) in [6, 6.07) is 1.15. The lowest BCUT2D eigenvalue weighted by atomic mass is 10.2. The molecular formula is C11H17N5O3. The molecule has 8 heteroatoms. The van der Waals surface area contributed by atoms with Crippen LogP contribution in [-0.2, 0) is 0 Å². The van der Waals surface area contributed by atoms with E-state index in [4.69, 9.17) is 5.73 Å². The summed E-state index contributed by atoms with van der Waals surface area (Å²) in [5.41, 5.74) is 5.04. The lowest BCUT2D eigenvalue weighted by Gasteiger charge is -2.19. The maximum Gasteiger partial charge on any atom is 0.288 e. The molecule has 0 aliphatic rings. The number of primary amides is 1. The quantitative estimate of drug-likeness (QED) is 0.412. The van der Waals surface area contributed by atoms with Crippen LogP contribution in [0.2, 0.25) is 0 Å². The zero-order chi connectivity index (χ0) is 14.4. The number of rotatable bonds is 7. The number of nitro groups is 1. The highest BCUT2D eigenvalue weighted by Gasteiger charge is 2.18. The average Bonchev–Trinajstić information content (AvgIpc) is 2.38. The Morgan fingerprint density at radius 3 is 2.84 bits per heavy atom. The van der Waals surface area contributed by atoms with Crippen LogP contribution in [0.4, 0.5) is 11.5 Å². The largest absolute Gasteiger partial charge is 0.365 e. The van der Waals surface area contributed by atoms with Crippen LogP contribution >= 0.6 is 0 Å². The van der Waals surface area contributed by atoms with Gasteiger partial charge in [0.2, 0.25) is 0 Å². The molecule has 19 heavy (non-hydrogen) atoms. The van der Waals surface area contributed by atoms with Crippen molar-refractivity contribution in [3.8, 4) is 0 Å². The van der Waals surface area contributed by atoms with Gasteiger partial charge in [0.1, 0.15) is 12.0 Å². The van der Waals surface area contributed by atoms with Gasteiger partial charge in [0.05, 0.1) is 10.5 Å². The van der Waals surface area contributed by atoms with Gasteiger partial charge in [-0.15, -0.1) is 0 Å². The highest BCUT2D eigenvalue weighted by molar-refractivity contribution is 5.98. The Balaban J connectivity index is 2.99. The van der Waals surface area contributed by atoms with Gasteiger partial charge >= 0.3 is 0 Å². The monoisotopic (exact) mass is 267 g/mol. The number of amides is 1. The molecule has 0 unspecified atom stereocenters. The third-order valence-corrected chi connectivity index (χ3v) is 2.61. The number of nitrogens with zero attached hydrogens (tertiary/aromatic N) is 3. The van der Waals surface area contributed by atoms with Crippen LogP contribution < -0.4 is 16.0 Å². The summed E-state index contributed by atoms with van der Waals surface area (Å²) in [4.78, 5) is 27.1. The van der Waals surface area contributed by atoms with Gasteiger partial charge in [0.15, 0.2) is 0 Å². The number of carbonyl (C=O) groups excluding carboxylic acids is 1. The first-order valence-corrected chi connectivity index (χ1v) is 5.77. The highest BCUT2D eigenvalue weighted by Crippen LogP contribution is 2.21. The fourth-order valence-electron chi connectivity index (χ4n) is 1.63. The van der Waals surface area contributed by atoms with Gasteiger partial charge in [0, 0.05) is 19.7 Å². The standard InChI is InChI=1S/C11H17N5O3/c1-13-4-3-5-15(2)11-9(10(12)17)6-8(7-14-11)16(18)19/h6-7,13H,3-5H2,1-2H3,(H2,12,17). The summed E-state index contributed by atoms with van der Waals surface area (Å²) >= 11 is 0. The Labute approximate surface area is 110 Å². The summed E-state index contributed by atoms with van der Waals surface area (Å²) in [7, 11) is 3.61. The van der Waals surface area contributed by atoms with Crippen molar-refractivity contribution in [1.29, 1.82) is 0 Å². The molecule has 1 rings (SSSR count). The molecule has 1 aromatic rings. The van der Waals surface area contributed by atoms with Gasteiger partial charge in [0.25, 0.3) is 11.6 Å². The van der Waals surface area contributed by atoms with E-state index >= 15 is 0 Å². The fraction of sp³-hybridized carbons (Fsp3) is 0.455. The highest BCUT2D eigenvalue weighted by atomic mass is 16.6. The molecule has 0 fully saturated rings. The van der Waals surface area contributed by atoms with Crippen LogP contribution in [0.1, 0.15) is 16.8 Å². The van der Waals surface area contributed by atoms with Crippen molar-refractivity contribution in [3.05, 3.63) is 27.9 Å². The smallest absolute Gasteiger partial charge is 0.288 e. The molecule has 0 saturated heterocycles. The van der Waals surface area contributed by atoms with Gasteiger partial charge in [-0.25, -0.2) is 4.98 Å². The maximum atomic E-state index is 11.4. The molecule has 3 N–H and O–H groups in total. The molecule has 0 aliphatic carbocycles. The van der Waals surface area contributed by atoms with Crippen LogP contribution in [0.5, 0.6) is 0 Å². The third kappa shape index (κ3) is 3.88. The van der Waals surface area contributed by atoms with Crippen LogP contribution in [0, 0.1) is 10.1 Å². The number of nitrogens with one attached hydrogen (secondary N) is 1. The van der Waals surface area contributed by atoms with E-state index in [1.165, 1.54) is 0 Å².